The van der Waals surface area contributed by atoms with Crippen molar-refractivity contribution in [3.05, 3.63) is 0 Å². The Morgan fingerprint density at radius 3 is 2.44 bits per heavy atom. The largest absolute Gasteiger partial charge is 0.383 e. The van der Waals surface area contributed by atoms with Crippen molar-refractivity contribution in [2.24, 2.45) is 5.92 Å². The van der Waals surface area contributed by atoms with Crippen molar-refractivity contribution in [2.45, 2.75) is 20.3 Å². The van der Waals surface area contributed by atoms with E-state index >= 15 is 0 Å². The fourth-order valence-corrected chi connectivity index (χ4v) is 3.25. The second kappa shape index (κ2) is 8.28. The summed E-state index contributed by atoms with van der Waals surface area (Å²) in [6.45, 7) is 5.37. The van der Waals surface area contributed by atoms with Gasteiger partial charge in [0.2, 0.25) is 10.0 Å². The number of methoxy groups -OCH3 is 1. The van der Waals surface area contributed by atoms with E-state index in [2.05, 4.69) is 0 Å². The van der Waals surface area contributed by atoms with E-state index in [1.807, 2.05) is 13.8 Å². The number of hydrogen-bond acceptors (Lipinski definition) is 3. The summed E-state index contributed by atoms with van der Waals surface area (Å²) < 4.78 is 30.3. The van der Waals surface area contributed by atoms with Crippen LogP contribution < -0.4 is 0 Å². The minimum atomic E-state index is -3.18. The molecular formula is C10H22ClNO3S. The summed E-state index contributed by atoms with van der Waals surface area (Å²) >= 11 is 5.51. The molecule has 0 radical (unpaired) electrons. The summed E-state index contributed by atoms with van der Waals surface area (Å²) in [6.07, 6.45) is 0.492. The van der Waals surface area contributed by atoms with Crippen LogP contribution in [0.25, 0.3) is 0 Å². The molecule has 0 aromatic rings. The monoisotopic (exact) mass is 271 g/mol. The van der Waals surface area contributed by atoms with Gasteiger partial charge in [-0.05, 0) is 12.3 Å². The van der Waals surface area contributed by atoms with Gasteiger partial charge in [-0.1, -0.05) is 13.8 Å². The average Bonchev–Trinajstić information content (AvgIpc) is 2.20. The van der Waals surface area contributed by atoms with Crippen LogP contribution in [0, 0.1) is 5.92 Å². The van der Waals surface area contributed by atoms with Crippen molar-refractivity contribution in [3.8, 4) is 0 Å². The minimum Gasteiger partial charge on any atom is -0.383 e. The second-order valence-corrected chi connectivity index (χ2v) is 6.57. The molecule has 4 nitrogen and oxygen atoms in total. The van der Waals surface area contributed by atoms with Crippen LogP contribution in [0.1, 0.15) is 20.3 Å². The minimum absolute atomic E-state index is 0.118. The zero-order chi connectivity index (χ0) is 12.6. The molecule has 6 heteroatoms. The van der Waals surface area contributed by atoms with Crippen LogP contribution in [0.3, 0.4) is 0 Å². The van der Waals surface area contributed by atoms with Crippen LogP contribution in [0.4, 0.5) is 0 Å². The zero-order valence-corrected chi connectivity index (χ0v) is 11.9. The molecule has 98 valence electrons. The van der Waals surface area contributed by atoms with E-state index in [1.165, 1.54) is 4.31 Å². The summed E-state index contributed by atoms with van der Waals surface area (Å²) in [5, 5.41) is 0. The number of rotatable bonds is 9. The maximum atomic E-state index is 11.9. The Hall–Kier alpha value is 0.160. The molecule has 0 fully saturated rings. The van der Waals surface area contributed by atoms with Crippen LogP contribution >= 0.6 is 11.6 Å². The Balaban J connectivity index is 4.46. The number of hydrogen-bond donors (Lipinski definition) is 0. The van der Waals surface area contributed by atoms with Gasteiger partial charge in [-0.3, -0.25) is 0 Å². The number of ether oxygens (including phenoxy) is 1. The first-order chi connectivity index (χ1) is 7.44. The second-order valence-electron chi connectivity index (χ2n) is 4.10. The number of sulfonamides is 1. The van der Waals surface area contributed by atoms with Gasteiger partial charge in [-0.25, -0.2) is 8.42 Å². The average molecular weight is 272 g/mol. The van der Waals surface area contributed by atoms with Gasteiger partial charge in [0.25, 0.3) is 0 Å². The molecular weight excluding hydrogens is 250 g/mol. The Morgan fingerprint density at radius 2 is 2.00 bits per heavy atom. The Labute approximate surface area is 104 Å². The van der Waals surface area contributed by atoms with E-state index in [4.69, 9.17) is 16.3 Å². The number of nitrogens with zero attached hydrogens (tertiary/aromatic N) is 1. The lowest BCUT2D eigenvalue weighted by Crippen LogP contribution is -2.38. The highest BCUT2D eigenvalue weighted by molar-refractivity contribution is 7.89. The molecule has 0 N–H and O–H groups in total. The first kappa shape index (κ1) is 16.2. The smallest absolute Gasteiger partial charge is 0.214 e. The van der Waals surface area contributed by atoms with E-state index in [-0.39, 0.29) is 5.75 Å². The van der Waals surface area contributed by atoms with Gasteiger partial charge in [0.1, 0.15) is 0 Å². The molecule has 0 aromatic heterocycles. The van der Waals surface area contributed by atoms with Gasteiger partial charge in [-0.2, -0.15) is 4.31 Å². The molecule has 0 atom stereocenters. The van der Waals surface area contributed by atoms with Gasteiger partial charge in [0.15, 0.2) is 0 Å². The fourth-order valence-electron chi connectivity index (χ4n) is 1.31. The van der Waals surface area contributed by atoms with Gasteiger partial charge < -0.3 is 4.74 Å². The molecule has 0 spiro atoms. The van der Waals surface area contributed by atoms with Gasteiger partial charge >= 0.3 is 0 Å². The number of halogens is 1. The van der Waals surface area contributed by atoms with Crippen molar-refractivity contribution in [1.82, 2.24) is 4.31 Å². The van der Waals surface area contributed by atoms with Crippen LogP contribution in [0.15, 0.2) is 0 Å². The van der Waals surface area contributed by atoms with Crippen LogP contribution in [-0.2, 0) is 14.8 Å². The topological polar surface area (TPSA) is 46.6 Å². The molecule has 0 saturated carbocycles. The predicted molar refractivity (Wildman–Crippen MR) is 67.4 cm³/mol. The highest BCUT2D eigenvalue weighted by Gasteiger charge is 2.21. The SMILES string of the molecule is COCCN(CC(C)C)S(=O)(=O)CCCCl. The van der Waals surface area contributed by atoms with Gasteiger partial charge in [0, 0.05) is 26.1 Å². The predicted octanol–water partition coefficient (Wildman–Crippen LogP) is 1.55. The Kier molecular flexibility index (Phi) is 8.36. The summed E-state index contributed by atoms with van der Waals surface area (Å²) in [5.74, 6) is 0.800. The lowest BCUT2D eigenvalue weighted by atomic mass is 10.2. The first-order valence-electron chi connectivity index (χ1n) is 5.46. The molecule has 0 heterocycles. The van der Waals surface area contributed by atoms with Crippen molar-refractivity contribution >= 4 is 21.6 Å². The molecule has 0 aliphatic heterocycles. The zero-order valence-electron chi connectivity index (χ0n) is 10.3. The highest BCUT2D eigenvalue weighted by Crippen LogP contribution is 2.08. The molecule has 16 heavy (non-hydrogen) atoms. The van der Waals surface area contributed by atoms with Gasteiger partial charge in [-0.15, -0.1) is 11.6 Å². The fraction of sp³-hybridized carbons (Fsp3) is 1.00. The molecule has 0 amide bonds. The van der Waals surface area contributed by atoms with Crippen LogP contribution in [-0.4, -0.2) is 51.2 Å². The number of alkyl halides is 1. The van der Waals surface area contributed by atoms with Crippen LogP contribution in [0.2, 0.25) is 0 Å². The van der Waals surface area contributed by atoms with E-state index in [1.54, 1.807) is 7.11 Å². The molecule has 0 aromatic carbocycles. The van der Waals surface area contributed by atoms with Crippen molar-refractivity contribution in [1.29, 1.82) is 0 Å². The summed E-state index contributed by atoms with van der Waals surface area (Å²) in [4.78, 5) is 0. The summed E-state index contributed by atoms with van der Waals surface area (Å²) in [7, 11) is -1.61. The summed E-state index contributed by atoms with van der Waals surface area (Å²) in [6, 6.07) is 0. The quantitative estimate of drug-likeness (QED) is 0.598. The van der Waals surface area contributed by atoms with E-state index in [0.29, 0.717) is 37.9 Å². The third kappa shape index (κ3) is 6.68. The molecule has 0 rings (SSSR count). The lowest BCUT2D eigenvalue weighted by Gasteiger charge is -2.23. The molecule has 0 aliphatic carbocycles. The third-order valence-corrected chi connectivity index (χ3v) is 4.23. The van der Waals surface area contributed by atoms with Gasteiger partial charge in [0.05, 0.1) is 12.4 Å². The van der Waals surface area contributed by atoms with Crippen molar-refractivity contribution in [2.75, 3.05) is 38.4 Å². The van der Waals surface area contributed by atoms with Crippen molar-refractivity contribution < 1.29 is 13.2 Å². The first-order valence-corrected chi connectivity index (χ1v) is 7.61. The standard InChI is InChI=1S/C10H22ClNO3S/c1-10(2)9-12(6-7-15-3)16(13,14)8-4-5-11/h10H,4-9H2,1-3H3. The lowest BCUT2D eigenvalue weighted by molar-refractivity contribution is 0.175. The molecule has 0 unspecified atom stereocenters. The van der Waals surface area contributed by atoms with Crippen LogP contribution in [0.5, 0.6) is 0 Å². The van der Waals surface area contributed by atoms with E-state index in [9.17, 15) is 8.42 Å². The Morgan fingerprint density at radius 1 is 1.38 bits per heavy atom. The maximum Gasteiger partial charge on any atom is 0.214 e. The van der Waals surface area contributed by atoms with E-state index in [0.717, 1.165) is 0 Å². The normalized spacial score (nSPS) is 12.6. The molecule has 0 aliphatic rings. The maximum absolute atomic E-state index is 11.9. The molecule has 0 bridgehead atoms. The third-order valence-electron chi connectivity index (χ3n) is 2.04. The highest BCUT2D eigenvalue weighted by atomic mass is 35.5. The molecule has 0 saturated heterocycles. The van der Waals surface area contributed by atoms with Crippen molar-refractivity contribution in [3.63, 3.8) is 0 Å². The Bertz CT molecular complexity index is 267. The van der Waals surface area contributed by atoms with E-state index < -0.39 is 10.0 Å². The summed E-state index contributed by atoms with van der Waals surface area (Å²) in [5.41, 5.74) is 0.